The molecule has 2 saturated heterocycles. The Balaban J connectivity index is 1.73. The van der Waals surface area contributed by atoms with E-state index in [-0.39, 0.29) is 18.1 Å². The maximum Gasteiger partial charge on any atom is 0.315 e. The molecular formula is C11H16N2O3S. The molecule has 0 spiro atoms. The fraction of sp³-hybridized carbons (Fsp3) is 0.727. The molecule has 2 amide bonds. The van der Waals surface area contributed by atoms with Gasteiger partial charge in [-0.3, -0.25) is 4.79 Å². The lowest BCUT2D eigenvalue weighted by Crippen LogP contribution is -2.36. The molecule has 0 aromatic heterocycles. The number of carboxylic acids is 1. The molecule has 94 valence electrons. The quantitative estimate of drug-likeness (QED) is 0.634. The summed E-state index contributed by atoms with van der Waals surface area (Å²) < 4.78 is 0. The van der Waals surface area contributed by atoms with Crippen molar-refractivity contribution in [2.24, 2.45) is 5.92 Å². The summed E-state index contributed by atoms with van der Waals surface area (Å²) in [6, 6.07) is 0.326. The van der Waals surface area contributed by atoms with E-state index in [2.05, 4.69) is 10.6 Å². The highest BCUT2D eigenvalue weighted by Crippen LogP contribution is 2.33. The molecule has 2 aliphatic heterocycles. The Bertz CT molecular complexity index is 324. The Morgan fingerprint density at radius 3 is 3.06 bits per heavy atom. The standard InChI is InChI=1S/C11H16N2O3S/c1-6(10(14)15)3-2-4-8-9-7(5-17-8)12-11(16)13-9/h1,6-9H,2-5H2,(H,14,15)(H2,12,13,16)/t6-,7-,8-,9-/m0/s1. The second-order valence-corrected chi connectivity index (χ2v) is 5.77. The van der Waals surface area contributed by atoms with Gasteiger partial charge in [-0.1, -0.05) is 6.42 Å². The first-order chi connectivity index (χ1) is 8.08. The predicted octanol–water partition coefficient (Wildman–Crippen LogP) is 0.734. The molecule has 2 heterocycles. The van der Waals surface area contributed by atoms with Crippen LogP contribution in [0.2, 0.25) is 0 Å². The predicted molar refractivity (Wildman–Crippen MR) is 64.8 cm³/mol. The van der Waals surface area contributed by atoms with Gasteiger partial charge in [0.05, 0.1) is 18.0 Å². The summed E-state index contributed by atoms with van der Waals surface area (Å²) in [7, 11) is 0. The maximum absolute atomic E-state index is 11.1. The number of nitrogens with one attached hydrogen (secondary N) is 2. The van der Waals surface area contributed by atoms with Gasteiger partial charge in [0, 0.05) is 11.0 Å². The van der Waals surface area contributed by atoms with Crippen LogP contribution in [0.5, 0.6) is 0 Å². The molecule has 2 aliphatic rings. The number of amides is 2. The zero-order chi connectivity index (χ0) is 12.4. The van der Waals surface area contributed by atoms with Gasteiger partial charge in [0.15, 0.2) is 0 Å². The van der Waals surface area contributed by atoms with Gasteiger partial charge < -0.3 is 15.7 Å². The second-order valence-electron chi connectivity index (χ2n) is 4.50. The lowest BCUT2D eigenvalue weighted by Gasteiger charge is -2.16. The molecule has 3 N–H and O–H groups in total. The van der Waals surface area contributed by atoms with Crippen molar-refractivity contribution in [3.63, 3.8) is 0 Å². The zero-order valence-electron chi connectivity index (χ0n) is 9.39. The van der Waals surface area contributed by atoms with Crippen LogP contribution in [0.1, 0.15) is 19.3 Å². The average molecular weight is 256 g/mol. The number of urea groups is 1. The SMILES string of the molecule is [CH][C@@H](CCC[C@@H]1SC[C@@H]2NC(=O)N[C@@H]21)C(=O)O. The molecule has 2 fully saturated rings. The van der Waals surface area contributed by atoms with Crippen LogP contribution in [0.15, 0.2) is 0 Å². The van der Waals surface area contributed by atoms with Crippen LogP contribution < -0.4 is 10.6 Å². The number of hydrogen-bond donors (Lipinski definition) is 3. The van der Waals surface area contributed by atoms with E-state index >= 15 is 0 Å². The first-order valence-corrected chi connectivity index (χ1v) is 6.80. The molecule has 0 bridgehead atoms. The number of thioether (sulfide) groups is 1. The molecule has 0 aromatic carbocycles. The minimum atomic E-state index is -0.946. The third-order valence-corrected chi connectivity index (χ3v) is 4.77. The van der Waals surface area contributed by atoms with Crippen molar-refractivity contribution in [1.82, 2.24) is 10.6 Å². The maximum atomic E-state index is 11.1. The number of rotatable bonds is 5. The third-order valence-electron chi connectivity index (χ3n) is 3.26. The van der Waals surface area contributed by atoms with Gasteiger partial charge in [-0.15, -0.1) is 0 Å². The molecule has 6 heteroatoms. The minimum absolute atomic E-state index is 0.0902. The Kier molecular flexibility index (Phi) is 3.81. The van der Waals surface area contributed by atoms with Crippen molar-refractivity contribution in [1.29, 1.82) is 0 Å². The highest BCUT2D eigenvalue weighted by molar-refractivity contribution is 8.00. The molecular weight excluding hydrogens is 240 g/mol. The van der Waals surface area contributed by atoms with Crippen molar-refractivity contribution in [3.8, 4) is 0 Å². The molecule has 5 nitrogen and oxygen atoms in total. The molecule has 0 saturated carbocycles. The molecule has 4 atom stereocenters. The highest BCUT2D eigenvalue weighted by atomic mass is 32.2. The topological polar surface area (TPSA) is 78.4 Å². The number of carboxylic acid groups (broad SMARTS) is 1. The van der Waals surface area contributed by atoms with Crippen LogP contribution >= 0.6 is 11.8 Å². The van der Waals surface area contributed by atoms with Crippen LogP contribution in [0.4, 0.5) is 4.79 Å². The summed E-state index contributed by atoms with van der Waals surface area (Å²) in [5.41, 5.74) is 0. The first kappa shape index (κ1) is 12.5. The molecule has 17 heavy (non-hydrogen) atoms. The largest absolute Gasteiger partial charge is 0.481 e. The van der Waals surface area contributed by atoms with E-state index < -0.39 is 11.9 Å². The normalized spacial score (nSPS) is 32.8. The van der Waals surface area contributed by atoms with E-state index in [1.54, 1.807) is 0 Å². The van der Waals surface area contributed by atoms with Gasteiger partial charge >= 0.3 is 12.0 Å². The summed E-state index contributed by atoms with van der Waals surface area (Å²) in [6.07, 6.45) is 2.17. The van der Waals surface area contributed by atoms with E-state index in [1.165, 1.54) is 0 Å². The Morgan fingerprint density at radius 1 is 1.59 bits per heavy atom. The Labute approximate surface area is 105 Å². The summed E-state index contributed by atoms with van der Waals surface area (Å²) in [6.45, 7) is 5.44. The summed E-state index contributed by atoms with van der Waals surface area (Å²) in [5.74, 6) is -0.787. The van der Waals surface area contributed by atoms with Crippen molar-refractivity contribution >= 4 is 23.8 Å². The van der Waals surface area contributed by atoms with E-state index in [4.69, 9.17) is 12.0 Å². The van der Waals surface area contributed by atoms with Crippen molar-refractivity contribution in [2.45, 2.75) is 36.6 Å². The zero-order valence-corrected chi connectivity index (χ0v) is 10.2. The van der Waals surface area contributed by atoms with Gasteiger partial charge in [0.1, 0.15) is 0 Å². The molecule has 2 radical (unpaired) electrons. The van der Waals surface area contributed by atoms with Crippen LogP contribution in [-0.4, -0.2) is 40.2 Å². The van der Waals surface area contributed by atoms with E-state index in [0.717, 1.165) is 18.6 Å². The summed E-state index contributed by atoms with van der Waals surface area (Å²) >= 11 is 1.83. The highest BCUT2D eigenvalue weighted by Gasteiger charge is 2.42. The van der Waals surface area contributed by atoms with E-state index in [1.807, 2.05) is 11.8 Å². The fourth-order valence-electron chi connectivity index (χ4n) is 2.31. The smallest absolute Gasteiger partial charge is 0.315 e. The third kappa shape index (κ3) is 2.86. The van der Waals surface area contributed by atoms with Crippen LogP contribution in [0.25, 0.3) is 0 Å². The average Bonchev–Trinajstić information content (AvgIpc) is 2.78. The van der Waals surface area contributed by atoms with Crippen LogP contribution in [0.3, 0.4) is 0 Å². The summed E-state index contributed by atoms with van der Waals surface area (Å²) in [4.78, 5) is 21.7. The molecule has 0 unspecified atom stereocenters. The molecule has 0 aromatic rings. The van der Waals surface area contributed by atoms with Crippen LogP contribution in [-0.2, 0) is 4.79 Å². The number of fused-ring (bicyclic) bond motifs is 1. The summed E-state index contributed by atoms with van der Waals surface area (Å²) in [5, 5.41) is 14.8. The lowest BCUT2D eigenvalue weighted by molar-refractivity contribution is -0.140. The first-order valence-electron chi connectivity index (χ1n) is 5.75. The Morgan fingerprint density at radius 2 is 2.35 bits per heavy atom. The number of aliphatic carboxylic acids is 1. The fourth-order valence-corrected chi connectivity index (χ4v) is 3.85. The number of hydrogen-bond acceptors (Lipinski definition) is 3. The lowest BCUT2D eigenvalue weighted by atomic mass is 9.99. The van der Waals surface area contributed by atoms with Gasteiger partial charge in [-0.25, -0.2) is 4.79 Å². The van der Waals surface area contributed by atoms with Crippen LogP contribution in [0, 0.1) is 12.8 Å². The van der Waals surface area contributed by atoms with Gasteiger partial charge in [0.2, 0.25) is 0 Å². The van der Waals surface area contributed by atoms with Gasteiger partial charge in [0.25, 0.3) is 0 Å². The Hall–Kier alpha value is -0.910. The van der Waals surface area contributed by atoms with Crippen molar-refractivity contribution < 1.29 is 14.7 Å². The minimum Gasteiger partial charge on any atom is -0.481 e. The van der Waals surface area contributed by atoms with E-state index in [9.17, 15) is 9.59 Å². The second kappa shape index (κ2) is 5.16. The monoisotopic (exact) mass is 256 g/mol. The van der Waals surface area contributed by atoms with Gasteiger partial charge in [-0.05, 0) is 19.8 Å². The number of carbonyl (C=O) groups is 2. The van der Waals surface area contributed by atoms with E-state index in [0.29, 0.717) is 11.7 Å². The molecule has 0 aliphatic carbocycles. The molecule has 2 rings (SSSR count). The number of carbonyl (C=O) groups excluding carboxylic acids is 1. The van der Waals surface area contributed by atoms with Gasteiger partial charge in [-0.2, -0.15) is 11.8 Å². The van der Waals surface area contributed by atoms with Crippen molar-refractivity contribution in [2.75, 3.05) is 5.75 Å². The van der Waals surface area contributed by atoms with Crippen molar-refractivity contribution in [3.05, 3.63) is 6.92 Å².